The summed E-state index contributed by atoms with van der Waals surface area (Å²) in [7, 11) is -3.32. The minimum absolute atomic E-state index is 0.0159. The molecular formula is C17H21ClFN3O4S. The molecule has 0 bridgehead atoms. The predicted molar refractivity (Wildman–Crippen MR) is 99.3 cm³/mol. The lowest BCUT2D eigenvalue weighted by molar-refractivity contribution is 0.0186. The molecule has 1 saturated heterocycles. The van der Waals surface area contributed by atoms with Gasteiger partial charge in [-0.1, -0.05) is 11.6 Å². The zero-order valence-electron chi connectivity index (χ0n) is 14.8. The van der Waals surface area contributed by atoms with E-state index in [4.69, 9.17) is 21.1 Å². The summed E-state index contributed by atoms with van der Waals surface area (Å²) >= 11 is 5.81. The molecule has 1 fully saturated rings. The van der Waals surface area contributed by atoms with Crippen LogP contribution in [0, 0.1) is 11.7 Å². The van der Waals surface area contributed by atoms with E-state index in [1.165, 1.54) is 23.1 Å². The Kier molecular flexibility index (Phi) is 6.36. The molecule has 1 aromatic heterocycles. The summed E-state index contributed by atoms with van der Waals surface area (Å²) in [6.45, 7) is 2.67. The second-order valence-corrected chi connectivity index (χ2v) is 8.76. The van der Waals surface area contributed by atoms with Gasteiger partial charge in [-0.3, -0.25) is 0 Å². The normalized spacial score (nSPS) is 20.6. The van der Waals surface area contributed by atoms with Gasteiger partial charge in [0.1, 0.15) is 11.4 Å². The summed E-state index contributed by atoms with van der Waals surface area (Å²) in [5.74, 6) is -0.303. The molecule has 1 N–H and O–H groups in total. The number of aromatic nitrogens is 2. The number of rotatable bonds is 7. The number of hydrogen-bond donors (Lipinski definition) is 1. The van der Waals surface area contributed by atoms with Gasteiger partial charge in [-0.2, -0.15) is 5.10 Å². The largest absolute Gasteiger partial charge is 0.493 e. The van der Waals surface area contributed by atoms with Gasteiger partial charge in [0.15, 0.2) is 5.82 Å². The van der Waals surface area contributed by atoms with Crippen LogP contribution in [0.15, 0.2) is 30.6 Å². The molecule has 3 rings (SSSR count). The van der Waals surface area contributed by atoms with Crippen LogP contribution in [0.5, 0.6) is 5.75 Å². The molecule has 2 atom stereocenters. The molecule has 7 nitrogen and oxygen atoms in total. The van der Waals surface area contributed by atoms with E-state index in [1.54, 1.807) is 19.1 Å². The molecule has 10 heteroatoms. The Labute approximate surface area is 162 Å². The van der Waals surface area contributed by atoms with E-state index in [1.807, 2.05) is 0 Å². The van der Waals surface area contributed by atoms with Crippen LogP contribution in [-0.2, 0) is 14.8 Å². The van der Waals surface area contributed by atoms with Crippen molar-refractivity contribution in [2.24, 2.45) is 5.92 Å². The summed E-state index contributed by atoms with van der Waals surface area (Å²) in [5.41, 5.74) is 0.254. The zero-order chi connectivity index (χ0) is 19.4. The topological polar surface area (TPSA) is 82.5 Å². The molecule has 1 aliphatic rings. The summed E-state index contributed by atoms with van der Waals surface area (Å²) in [5, 5.41) is 4.38. The third-order valence-electron chi connectivity index (χ3n) is 4.37. The fraction of sp³-hybridized carbons (Fsp3) is 0.471. The zero-order valence-corrected chi connectivity index (χ0v) is 16.3. The van der Waals surface area contributed by atoms with E-state index >= 15 is 0 Å². The van der Waals surface area contributed by atoms with Crippen molar-refractivity contribution in [3.8, 4) is 11.4 Å². The number of benzene rings is 1. The highest BCUT2D eigenvalue weighted by Crippen LogP contribution is 2.23. The van der Waals surface area contributed by atoms with E-state index in [9.17, 15) is 12.8 Å². The minimum atomic E-state index is -3.32. The van der Waals surface area contributed by atoms with E-state index in [0.29, 0.717) is 30.4 Å². The molecule has 0 aliphatic carbocycles. The maximum Gasteiger partial charge on any atom is 0.211 e. The third kappa shape index (κ3) is 5.19. The summed E-state index contributed by atoms with van der Waals surface area (Å²) in [6.07, 6.45) is 3.50. The average molecular weight is 418 g/mol. The maximum absolute atomic E-state index is 14.4. The van der Waals surface area contributed by atoms with Crippen molar-refractivity contribution in [2.45, 2.75) is 19.4 Å². The highest BCUT2D eigenvalue weighted by Gasteiger charge is 2.29. The average Bonchev–Trinajstić information content (AvgIpc) is 3.07. The van der Waals surface area contributed by atoms with E-state index in [2.05, 4.69) is 9.82 Å². The van der Waals surface area contributed by atoms with Gasteiger partial charge >= 0.3 is 0 Å². The molecule has 0 radical (unpaired) electrons. The maximum atomic E-state index is 14.4. The Balaban J connectivity index is 1.65. The quantitative estimate of drug-likeness (QED) is 0.748. The van der Waals surface area contributed by atoms with Crippen LogP contribution in [0.2, 0.25) is 5.02 Å². The van der Waals surface area contributed by atoms with Crippen LogP contribution in [0.25, 0.3) is 5.69 Å². The second-order valence-electron chi connectivity index (χ2n) is 6.28. The number of hydrogen-bond acceptors (Lipinski definition) is 5. The highest BCUT2D eigenvalue weighted by molar-refractivity contribution is 7.89. The van der Waals surface area contributed by atoms with Gasteiger partial charge in [0.05, 0.1) is 30.2 Å². The number of sulfonamides is 1. The summed E-state index contributed by atoms with van der Waals surface area (Å²) in [6, 6.07) is 4.17. The summed E-state index contributed by atoms with van der Waals surface area (Å²) in [4.78, 5) is 0. The van der Waals surface area contributed by atoms with E-state index in [0.717, 1.165) is 0 Å². The number of nitrogens with one attached hydrogen (secondary N) is 1. The molecule has 0 saturated carbocycles. The SMILES string of the molecule is CCS(=O)(=O)NC1CCOCC1COc1ccc(-n2cc(Cl)cn2)c(F)c1. The van der Waals surface area contributed by atoms with Crippen molar-refractivity contribution < 1.29 is 22.3 Å². The molecule has 148 valence electrons. The first-order chi connectivity index (χ1) is 12.9. The summed E-state index contributed by atoms with van der Waals surface area (Å²) < 4.78 is 53.2. The first-order valence-electron chi connectivity index (χ1n) is 8.58. The van der Waals surface area contributed by atoms with Crippen LogP contribution in [-0.4, -0.2) is 49.8 Å². The highest BCUT2D eigenvalue weighted by atomic mass is 35.5. The van der Waals surface area contributed by atoms with Crippen molar-refractivity contribution >= 4 is 21.6 Å². The monoisotopic (exact) mass is 417 g/mol. The first kappa shape index (κ1) is 20.1. The molecule has 1 aromatic carbocycles. The van der Waals surface area contributed by atoms with E-state index in [-0.39, 0.29) is 30.0 Å². The number of halogens is 2. The van der Waals surface area contributed by atoms with Gasteiger partial charge in [-0.05, 0) is 25.5 Å². The Hall–Kier alpha value is -1.68. The third-order valence-corrected chi connectivity index (χ3v) is 5.98. The molecule has 27 heavy (non-hydrogen) atoms. The molecular weight excluding hydrogens is 397 g/mol. The molecule has 2 heterocycles. The molecule has 2 aromatic rings. The lowest BCUT2D eigenvalue weighted by Crippen LogP contribution is -2.47. The molecule has 2 unspecified atom stereocenters. The van der Waals surface area contributed by atoms with Gasteiger partial charge in [-0.15, -0.1) is 0 Å². The van der Waals surface area contributed by atoms with Crippen molar-refractivity contribution in [3.05, 3.63) is 41.4 Å². The van der Waals surface area contributed by atoms with Crippen LogP contribution >= 0.6 is 11.6 Å². The van der Waals surface area contributed by atoms with Gasteiger partial charge in [0.2, 0.25) is 10.0 Å². The van der Waals surface area contributed by atoms with Gasteiger partial charge in [0, 0.05) is 30.8 Å². The minimum Gasteiger partial charge on any atom is -0.493 e. The molecule has 0 spiro atoms. The lowest BCUT2D eigenvalue weighted by atomic mass is 9.98. The van der Waals surface area contributed by atoms with Gasteiger partial charge in [0.25, 0.3) is 0 Å². The van der Waals surface area contributed by atoms with Crippen molar-refractivity contribution in [2.75, 3.05) is 25.6 Å². The van der Waals surface area contributed by atoms with E-state index < -0.39 is 15.8 Å². The van der Waals surface area contributed by atoms with Gasteiger partial charge in [-0.25, -0.2) is 22.2 Å². The van der Waals surface area contributed by atoms with Crippen molar-refractivity contribution in [3.63, 3.8) is 0 Å². The first-order valence-corrected chi connectivity index (χ1v) is 10.6. The predicted octanol–water partition coefficient (Wildman–Crippen LogP) is 2.39. The standard InChI is InChI=1S/C17H21ClFN3O4S/c1-2-27(23,24)21-16-5-6-25-10-12(16)11-26-14-3-4-17(15(19)7-14)22-9-13(18)8-20-22/h3-4,7-9,12,16,21H,2,5-6,10-11H2,1H3. The molecule has 1 aliphatic heterocycles. The Morgan fingerprint density at radius 1 is 1.48 bits per heavy atom. The van der Waals surface area contributed by atoms with Crippen molar-refractivity contribution in [1.82, 2.24) is 14.5 Å². The Morgan fingerprint density at radius 3 is 2.96 bits per heavy atom. The van der Waals surface area contributed by atoms with Crippen LogP contribution < -0.4 is 9.46 Å². The van der Waals surface area contributed by atoms with Crippen LogP contribution in [0.4, 0.5) is 4.39 Å². The van der Waals surface area contributed by atoms with Gasteiger partial charge < -0.3 is 9.47 Å². The second kappa shape index (κ2) is 8.55. The number of ether oxygens (including phenoxy) is 2. The fourth-order valence-corrected chi connectivity index (χ4v) is 3.90. The smallest absolute Gasteiger partial charge is 0.211 e. The van der Waals surface area contributed by atoms with Crippen LogP contribution in [0.1, 0.15) is 13.3 Å². The fourth-order valence-electron chi connectivity index (χ4n) is 2.83. The number of nitrogens with zero attached hydrogens (tertiary/aromatic N) is 2. The Bertz CT molecular complexity index is 890. The Morgan fingerprint density at radius 2 is 2.30 bits per heavy atom. The van der Waals surface area contributed by atoms with Crippen molar-refractivity contribution in [1.29, 1.82) is 0 Å². The van der Waals surface area contributed by atoms with Crippen LogP contribution in [0.3, 0.4) is 0 Å². The lowest BCUT2D eigenvalue weighted by Gasteiger charge is -2.31. The molecule has 0 amide bonds.